The highest BCUT2D eigenvalue weighted by molar-refractivity contribution is 5.76. The van der Waals surface area contributed by atoms with Crippen molar-refractivity contribution >= 4 is 5.91 Å². The third-order valence-electron chi connectivity index (χ3n) is 3.68. The highest BCUT2D eigenvalue weighted by atomic mass is 16.5. The first kappa shape index (κ1) is 17.1. The molecule has 2 aromatic rings. The van der Waals surface area contributed by atoms with Gasteiger partial charge in [-0.05, 0) is 24.5 Å². The Morgan fingerprint density at radius 3 is 2.65 bits per heavy atom. The van der Waals surface area contributed by atoms with E-state index in [0.717, 1.165) is 11.6 Å². The fourth-order valence-corrected chi connectivity index (χ4v) is 2.39. The molecule has 0 unspecified atom stereocenters. The minimum Gasteiger partial charge on any atom is -0.494 e. The first-order chi connectivity index (χ1) is 11.1. The van der Waals surface area contributed by atoms with Crippen molar-refractivity contribution in [2.75, 3.05) is 6.61 Å². The number of nitrogens with one attached hydrogen (secondary N) is 1. The summed E-state index contributed by atoms with van der Waals surface area (Å²) in [6, 6.07) is 9.57. The number of nitrogens with zero attached hydrogens (tertiary/aromatic N) is 2. The average Bonchev–Trinajstić information content (AvgIpc) is 2.96. The summed E-state index contributed by atoms with van der Waals surface area (Å²) < 4.78 is 7.55. The van der Waals surface area contributed by atoms with Gasteiger partial charge in [-0.3, -0.25) is 4.79 Å². The largest absolute Gasteiger partial charge is 0.494 e. The van der Waals surface area contributed by atoms with E-state index < -0.39 is 0 Å². The summed E-state index contributed by atoms with van der Waals surface area (Å²) in [6.07, 6.45) is 4.78. The molecule has 124 valence electrons. The number of hydrogen-bond donors (Lipinski definition) is 1. The molecule has 1 atom stereocenters. The summed E-state index contributed by atoms with van der Waals surface area (Å²) in [5.41, 5.74) is 0. The van der Waals surface area contributed by atoms with Crippen LogP contribution in [-0.4, -0.2) is 22.1 Å². The second kappa shape index (κ2) is 8.36. The molecule has 1 amide bonds. The van der Waals surface area contributed by atoms with Crippen molar-refractivity contribution in [3.63, 3.8) is 0 Å². The Labute approximate surface area is 137 Å². The fourth-order valence-electron chi connectivity index (χ4n) is 2.39. The molecule has 5 nitrogen and oxygen atoms in total. The molecule has 1 N–H and O–H groups in total. The zero-order chi connectivity index (χ0) is 16.7. The Kier molecular flexibility index (Phi) is 6.20. The lowest BCUT2D eigenvalue weighted by molar-refractivity contribution is -0.122. The number of carbonyl (C=O) groups excluding carboxylic acids is 1. The number of benzene rings is 1. The van der Waals surface area contributed by atoms with Crippen molar-refractivity contribution in [2.24, 2.45) is 13.0 Å². The van der Waals surface area contributed by atoms with Crippen LogP contribution in [0.25, 0.3) is 0 Å². The zero-order valence-electron chi connectivity index (χ0n) is 14.0. The molecular weight excluding hydrogens is 290 g/mol. The first-order valence-electron chi connectivity index (χ1n) is 8.02. The Bertz CT molecular complexity index is 608. The number of aryl methyl sites for hydroxylation is 1. The SMILES string of the molecule is CC(C)[C@@H](NC(=O)CCCOc1ccccc1)c1nccn1C. The number of aromatic nitrogens is 2. The van der Waals surface area contributed by atoms with Crippen LogP contribution in [0.1, 0.15) is 38.6 Å². The predicted octanol–water partition coefficient (Wildman–Crippen LogP) is 3.09. The number of para-hydroxylation sites is 1. The summed E-state index contributed by atoms with van der Waals surface area (Å²) in [4.78, 5) is 16.5. The van der Waals surface area contributed by atoms with Crippen LogP contribution in [0.15, 0.2) is 42.7 Å². The first-order valence-corrected chi connectivity index (χ1v) is 8.02. The molecule has 0 bridgehead atoms. The van der Waals surface area contributed by atoms with Crippen LogP contribution in [-0.2, 0) is 11.8 Å². The lowest BCUT2D eigenvalue weighted by Crippen LogP contribution is -2.33. The number of amides is 1. The van der Waals surface area contributed by atoms with Crippen molar-refractivity contribution in [2.45, 2.75) is 32.7 Å². The summed E-state index contributed by atoms with van der Waals surface area (Å²) in [7, 11) is 1.94. The normalized spacial score (nSPS) is 12.2. The summed E-state index contributed by atoms with van der Waals surface area (Å²) in [5.74, 6) is 2.03. The van der Waals surface area contributed by atoms with Crippen molar-refractivity contribution < 1.29 is 9.53 Å². The molecule has 0 saturated heterocycles. The minimum atomic E-state index is -0.0717. The maximum Gasteiger partial charge on any atom is 0.220 e. The second-order valence-corrected chi connectivity index (χ2v) is 5.95. The lowest BCUT2D eigenvalue weighted by Gasteiger charge is -2.22. The number of rotatable bonds is 8. The third-order valence-corrected chi connectivity index (χ3v) is 3.68. The van der Waals surface area contributed by atoms with Gasteiger partial charge in [0.25, 0.3) is 0 Å². The zero-order valence-corrected chi connectivity index (χ0v) is 14.0. The van der Waals surface area contributed by atoms with E-state index in [1.807, 2.05) is 48.1 Å². The van der Waals surface area contributed by atoms with Crippen LogP contribution in [0.5, 0.6) is 5.75 Å². The van der Waals surface area contributed by atoms with Crippen LogP contribution >= 0.6 is 0 Å². The van der Waals surface area contributed by atoms with E-state index >= 15 is 0 Å². The summed E-state index contributed by atoms with van der Waals surface area (Å²) in [5, 5.41) is 3.08. The van der Waals surface area contributed by atoms with Crippen molar-refractivity contribution in [3.05, 3.63) is 48.5 Å². The smallest absolute Gasteiger partial charge is 0.220 e. The minimum absolute atomic E-state index is 0.0309. The highest BCUT2D eigenvalue weighted by Gasteiger charge is 2.21. The van der Waals surface area contributed by atoms with Gasteiger partial charge in [0.15, 0.2) is 0 Å². The van der Waals surface area contributed by atoms with Crippen molar-refractivity contribution in [1.82, 2.24) is 14.9 Å². The molecule has 0 spiro atoms. The maximum atomic E-state index is 12.2. The van der Waals surface area contributed by atoms with E-state index in [0.29, 0.717) is 19.4 Å². The molecule has 1 aromatic heterocycles. The van der Waals surface area contributed by atoms with Crippen molar-refractivity contribution in [1.29, 1.82) is 0 Å². The number of hydrogen-bond acceptors (Lipinski definition) is 3. The number of carbonyl (C=O) groups is 1. The number of imidazole rings is 1. The van der Waals surface area contributed by atoms with Crippen LogP contribution in [0.4, 0.5) is 0 Å². The molecule has 5 heteroatoms. The standard InChI is InChI=1S/C18H25N3O2/c1-14(2)17(18-19-11-12-21(18)3)20-16(22)10-7-13-23-15-8-5-4-6-9-15/h4-6,8-9,11-12,14,17H,7,10,13H2,1-3H3,(H,20,22)/t17-/m1/s1. The molecular formula is C18H25N3O2. The van der Waals surface area contributed by atoms with Crippen LogP contribution in [0.2, 0.25) is 0 Å². The van der Waals surface area contributed by atoms with Gasteiger partial charge in [-0.1, -0.05) is 32.0 Å². The van der Waals surface area contributed by atoms with Gasteiger partial charge in [0.05, 0.1) is 12.6 Å². The fraction of sp³-hybridized carbons (Fsp3) is 0.444. The summed E-state index contributed by atoms with van der Waals surface area (Å²) in [6.45, 7) is 4.70. The van der Waals surface area contributed by atoms with Gasteiger partial charge in [-0.25, -0.2) is 4.98 Å². The second-order valence-electron chi connectivity index (χ2n) is 5.95. The predicted molar refractivity (Wildman–Crippen MR) is 90.1 cm³/mol. The Hall–Kier alpha value is -2.30. The topological polar surface area (TPSA) is 56.1 Å². The van der Waals surface area contributed by atoms with E-state index in [2.05, 4.69) is 24.1 Å². The van der Waals surface area contributed by atoms with Gasteiger partial charge in [0.2, 0.25) is 5.91 Å². The van der Waals surface area contributed by atoms with Gasteiger partial charge < -0.3 is 14.6 Å². The monoisotopic (exact) mass is 315 g/mol. The summed E-state index contributed by atoms with van der Waals surface area (Å²) >= 11 is 0. The molecule has 1 heterocycles. The van der Waals surface area contributed by atoms with E-state index in [1.54, 1.807) is 6.20 Å². The van der Waals surface area contributed by atoms with E-state index in [4.69, 9.17) is 4.74 Å². The Morgan fingerprint density at radius 2 is 2.04 bits per heavy atom. The Balaban J connectivity index is 1.78. The van der Waals surface area contributed by atoms with Gasteiger partial charge in [-0.15, -0.1) is 0 Å². The van der Waals surface area contributed by atoms with Gasteiger partial charge in [-0.2, -0.15) is 0 Å². The lowest BCUT2D eigenvalue weighted by atomic mass is 10.0. The maximum absolute atomic E-state index is 12.2. The molecule has 0 radical (unpaired) electrons. The van der Waals surface area contributed by atoms with Crippen molar-refractivity contribution in [3.8, 4) is 5.75 Å². The van der Waals surface area contributed by atoms with E-state index in [9.17, 15) is 4.79 Å². The molecule has 1 aromatic carbocycles. The molecule has 0 aliphatic heterocycles. The van der Waals surface area contributed by atoms with E-state index in [1.165, 1.54) is 0 Å². The molecule has 0 aliphatic rings. The van der Waals surface area contributed by atoms with Crippen LogP contribution in [0.3, 0.4) is 0 Å². The van der Waals surface area contributed by atoms with Gasteiger partial charge in [0.1, 0.15) is 11.6 Å². The third kappa shape index (κ3) is 5.13. The number of ether oxygens (including phenoxy) is 1. The Morgan fingerprint density at radius 1 is 1.30 bits per heavy atom. The highest BCUT2D eigenvalue weighted by Crippen LogP contribution is 2.19. The van der Waals surface area contributed by atoms with Gasteiger partial charge >= 0.3 is 0 Å². The van der Waals surface area contributed by atoms with E-state index in [-0.39, 0.29) is 17.9 Å². The van der Waals surface area contributed by atoms with Crippen LogP contribution in [0, 0.1) is 5.92 Å². The molecule has 0 fully saturated rings. The van der Waals surface area contributed by atoms with Crippen LogP contribution < -0.4 is 10.1 Å². The quantitative estimate of drug-likeness (QED) is 0.762. The molecule has 0 aliphatic carbocycles. The molecule has 2 rings (SSSR count). The average molecular weight is 315 g/mol. The molecule has 0 saturated carbocycles. The van der Waals surface area contributed by atoms with Gasteiger partial charge in [0, 0.05) is 25.9 Å². The molecule has 23 heavy (non-hydrogen) atoms.